The summed E-state index contributed by atoms with van der Waals surface area (Å²) in [7, 11) is 0. The third-order valence-electron chi connectivity index (χ3n) is 4.25. The minimum Gasteiger partial charge on any atom is -0.461 e. The second kappa shape index (κ2) is 6.52. The first-order valence-corrected chi connectivity index (χ1v) is 8.20. The van der Waals surface area contributed by atoms with Crippen molar-refractivity contribution < 1.29 is 13.7 Å². The molecule has 0 unspecified atom stereocenters. The van der Waals surface area contributed by atoms with Crippen LogP contribution in [-0.4, -0.2) is 30.8 Å². The Morgan fingerprint density at radius 1 is 1.15 bits per heavy atom. The third-order valence-corrected chi connectivity index (χ3v) is 4.25. The lowest BCUT2D eigenvalue weighted by Gasteiger charge is -2.05. The molecule has 4 aromatic rings. The number of furan rings is 1. The van der Waals surface area contributed by atoms with Crippen molar-refractivity contribution >= 4 is 11.6 Å². The van der Waals surface area contributed by atoms with Crippen LogP contribution >= 0.6 is 0 Å². The molecule has 0 aliphatic heterocycles. The lowest BCUT2D eigenvalue weighted by atomic mass is 10.2. The second-order valence-electron chi connectivity index (χ2n) is 5.99. The van der Waals surface area contributed by atoms with Crippen LogP contribution in [0.4, 0.5) is 5.69 Å². The van der Waals surface area contributed by atoms with Crippen LogP contribution < -0.4 is 5.32 Å². The molecule has 9 nitrogen and oxygen atoms in total. The monoisotopic (exact) mass is 364 g/mol. The number of carbonyl (C=O) groups is 1. The lowest BCUT2D eigenvalue weighted by molar-refractivity contribution is 0.101. The molecule has 0 saturated heterocycles. The molecule has 0 aliphatic rings. The van der Waals surface area contributed by atoms with E-state index in [9.17, 15) is 4.79 Å². The Bertz CT molecular complexity index is 1090. The highest BCUT2D eigenvalue weighted by molar-refractivity contribution is 6.03. The Kier molecular flexibility index (Phi) is 4.03. The van der Waals surface area contributed by atoms with Gasteiger partial charge in [-0.2, -0.15) is 5.10 Å². The smallest absolute Gasteiger partial charge is 0.277 e. The molecule has 9 heteroatoms. The summed E-state index contributed by atoms with van der Waals surface area (Å²) < 4.78 is 12.0. The predicted molar refractivity (Wildman–Crippen MR) is 95.5 cm³/mol. The van der Waals surface area contributed by atoms with Crippen LogP contribution in [-0.2, 0) is 0 Å². The van der Waals surface area contributed by atoms with Gasteiger partial charge in [-0.25, -0.2) is 14.6 Å². The molecule has 4 rings (SSSR count). The summed E-state index contributed by atoms with van der Waals surface area (Å²) in [4.78, 5) is 20.9. The predicted octanol–water partition coefficient (Wildman–Crippen LogP) is 3.09. The van der Waals surface area contributed by atoms with Crippen molar-refractivity contribution in [1.82, 2.24) is 24.9 Å². The molecule has 0 bridgehead atoms. The maximum atomic E-state index is 12.3. The molecule has 4 heterocycles. The zero-order chi connectivity index (χ0) is 19.0. The van der Waals surface area contributed by atoms with Crippen LogP contribution in [0.1, 0.15) is 27.4 Å². The molecule has 0 saturated carbocycles. The van der Waals surface area contributed by atoms with Crippen LogP contribution in [0.5, 0.6) is 0 Å². The molecule has 1 N–H and O–H groups in total. The minimum absolute atomic E-state index is 0.125. The van der Waals surface area contributed by atoms with E-state index >= 15 is 0 Å². The summed E-state index contributed by atoms with van der Waals surface area (Å²) in [6.45, 7) is 5.88. The molecule has 0 aromatic carbocycles. The molecule has 0 radical (unpaired) electrons. The van der Waals surface area contributed by atoms with E-state index in [4.69, 9.17) is 8.94 Å². The van der Waals surface area contributed by atoms with Crippen molar-refractivity contribution in [2.45, 2.75) is 20.8 Å². The molecule has 27 heavy (non-hydrogen) atoms. The first-order valence-electron chi connectivity index (χ1n) is 8.20. The average Bonchev–Trinajstić information content (AvgIpc) is 3.40. The summed E-state index contributed by atoms with van der Waals surface area (Å²) in [6, 6.07) is 4.94. The van der Waals surface area contributed by atoms with Gasteiger partial charge in [-0.3, -0.25) is 4.79 Å². The van der Waals surface area contributed by atoms with Gasteiger partial charge in [0.2, 0.25) is 5.76 Å². The number of aryl methyl sites for hydroxylation is 1. The molecule has 136 valence electrons. The number of aromatic nitrogens is 5. The van der Waals surface area contributed by atoms with Crippen LogP contribution in [0.15, 0.2) is 45.8 Å². The van der Waals surface area contributed by atoms with Crippen molar-refractivity contribution in [3.8, 4) is 17.5 Å². The van der Waals surface area contributed by atoms with Crippen LogP contribution in [0.2, 0.25) is 0 Å². The third kappa shape index (κ3) is 3.10. The first-order chi connectivity index (χ1) is 13.0. The second-order valence-corrected chi connectivity index (χ2v) is 5.99. The van der Waals surface area contributed by atoms with Crippen LogP contribution in [0.3, 0.4) is 0 Å². The average molecular weight is 364 g/mol. The zero-order valence-electron chi connectivity index (χ0n) is 14.9. The first kappa shape index (κ1) is 16.7. The van der Waals surface area contributed by atoms with Gasteiger partial charge in [-0.15, -0.1) is 0 Å². The number of carbonyl (C=O) groups excluding carboxylic acids is 1. The Balaban J connectivity index is 1.50. The van der Waals surface area contributed by atoms with E-state index in [2.05, 4.69) is 25.5 Å². The Morgan fingerprint density at radius 3 is 2.56 bits per heavy atom. The number of nitrogens with one attached hydrogen (secondary N) is 1. The molecule has 1 amide bonds. The highest BCUT2D eigenvalue weighted by Crippen LogP contribution is 2.21. The Hall–Kier alpha value is -3.75. The fraction of sp³-hybridized carbons (Fsp3) is 0.167. The Labute approximate surface area is 154 Å². The molecular formula is C18H16N6O3. The number of hydrogen-bond donors (Lipinski definition) is 1. The number of rotatable bonds is 4. The van der Waals surface area contributed by atoms with E-state index in [1.807, 2.05) is 20.8 Å². The quantitative estimate of drug-likeness (QED) is 0.592. The summed E-state index contributed by atoms with van der Waals surface area (Å²) >= 11 is 0. The minimum atomic E-state index is -0.435. The van der Waals surface area contributed by atoms with Crippen LogP contribution in [0, 0.1) is 20.8 Å². The van der Waals surface area contributed by atoms with Crippen LogP contribution in [0.25, 0.3) is 17.5 Å². The van der Waals surface area contributed by atoms with Gasteiger partial charge in [0.15, 0.2) is 11.5 Å². The fourth-order valence-corrected chi connectivity index (χ4v) is 2.52. The molecule has 0 fully saturated rings. The fourth-order valence-electron chi connectivity index (χ4n) is 2.52. The molecule has 0 aliphatic carbocycles. The van der Waals surface area contributed by atoms with Gasteiger partial charge < -0.3 is 14.3 Å². The van der Waals surface area contributed by atoms with Gasteiger partial charge in [0, 0.05) is 11.8 Å². The standard InChI is InChI=1S/C18H16N6O3/c1-10-11(2)22-24(12(10)3)18-19-8-13(9-20-18)21-17(25)14-7-16(27-23-14)15-5-4-6-26-15/h4-9H,1-3H3,(H,21,25). The van der Waals surface area contributed by atoms with Gasteiger partial charge in [0.05, 0.1) is 30.0 Å². The SMILES string of the molecule is Cc1nn(-c2ncc(NC(=O)c3cc(-c4ccco4)on3)cn2)c(C)c1C. The van der Waals surface area contributed by atoms with Gasteiger partial charge in [-0.1, -0.05) is 5.16 Å². The summed E-state index contributed by atoms with van der Waals surface area (Å²) in [5.41, 5.74) is 3.54. The number of nitrogens with zero attached hydrogens (tertiary/aromatic N) is 5. The normalized spacial score (nSPS) is 10.9. The maximum Gasteiger partial charge on any atom is 0.277 e. The van der Waals surface area contributed by atoms with E-state index in [0.29, 0.717) is 23.2 Å². The number of hydrogen-bond acceptors (Lipinski definition) is 7. The van der Waals surface area contributed by atoms with Crippen molar-refractivity contribution in [2.75, 3.05) is 5.32 Å². The summed E-state index contributed by atoms with van der Waals surface area (Å²) in [6.07, 6.45) is 4.54. The number of amides is 1. The van der Waals surface area contributed by atoms with Crippen molar-refractivity contribution in [1.29, 1.82) is 0 Å². The summed E-state index contributed by atoms with van der Waals surface area (Å²) in [5.74, 6) is 0.865. The highest BCUT2D eigenvalue weighted by Gasteiger charge is 2.16. The molecule has 0 spiro atoms. The van der Waals surface area contributed by atoms with E-state index < -0.39 is 5.91 Å². The highest BCUT2D eigenvalue weighted by atomic mass is 16.5. The Morgan fingerprint density at radius 2 is 1.93 bits per heavy atom. The van der Waals surface area contributed by atoms with Gasteiger partial charge in [0.1, 0.15) is 0 Å². The topological polar surface area (TPSA) is 112 Å². The number of anilines is 1. The molecule has 0 atom stereocenters. The van der Waals surface area contributed by atoms with E-state index in [1.165, 1.54) is 24.7 Å². The van der Waals surface area contributed by atoms with Crippen molar-refractivity contribution in [2.24, 2.45) is 0 Å². The zero-order valence-corrected chi connectivity index (χ0v) is 14.9. The van der Waals surface area contributed by atoms with Crippen molar-refractivity contribution in [3.63, 3.8) is 0 Å². The van der Waals surface area contributed by atoms with E-state index in [-0.39, 0.29) is 5.69 Å². The van der Waals surface area contributed by atoms with Gasteiger partial charge in [0.25, 0.3) is 11.9 Å². The van der Waals surface area contributed by atoms with E-state index in [0.717, 1.165) is 17.0 Å². The largest absolute Gasteiger partial charge is 0.461 e. The summed E-state index contributed by atoms with van der Waals surface area (Å²) in [5, 5.41) is 10.9. The molecule has 4 aromatic heterocycles. The van der Waals surface area contributed by atoms with Crippen molar-refractivity contribution in [3.05, 3.63) is 59.5 Å². The van der Waals surface area contributed by atoms with Gasteiger partial charge >= 0.3 is 0 Å². The maximum absolute atomic E-state index is 12.3. The lowest BCUT2D eigenvalue weighted by Crippen LogP contribution is -2.13. The van der Waals surface area contributed by atoms with E-state index in [1.54, 1.807) is 16.8 Å². The molecular weight excluding hydrogens is 348 g/mol. The van der Waals surface area contributed by atoms with Gasteiger partial charge in [-0.05, 0) is 38.5 Å².